The van der Waals surface area contributed by atoms with Gasteiger partial charge in [0.1, 0.15) is 12.3 Å². The highest BCUT2D eigenvalue weighted by molar-refractivity contribution is 6.46. The zero-order valence-corrected chi connectivity index (χ0v) is 14.3. The minimum absolute atomic E-state index is 0.0971. The quantitative estimate of drug-likeness (QED) is 0.265. The second-order valence-corrected chi connectivity index (χ2v) is 6.04. The number of aliphatic hydroxyl groups excluding tert-OH is 1. The first-order valence-corrected chi connectivity index (χ1v) is 8.11. The number of carboxylic acids is 1. The summed E-state index contributed by atoms with van der Waals surface area (Å²) in [6, 6.07) is 11.9. The Balaban J connectivity index is 2.16. The van der Waals surface area contributed by atoms with Crippen LogP contribution in [0.15, 0.2) is 60.2 Å². The number of hydrogen-bond donors (Lipinski definition) is 2. The van der Waals surface area contributed by atoms with Crippen molar-refractivity contribution in [3.8, 4) is 0 Å². The number of rotatable bonds is 5. The molecule has 1 aliphatic heterocycles. The van der Waals surface area contributed by atoms with Crippen LogP contribution in [-0.4, -0.2) is 44.2 Å². The molecule has 1 saturated heterocycles. The van der Waals surface area contributed by atoms with Gasteiger partial charge in [-0.3, -0.25) is 24.5 Å². The van der Waals surface area contributed by atoms with E-state index in [4.69, 9.17) is 5.11 Å². The Morgan fingerprint density at radius 3 is 2.18 bits per heavy atom. The summed E-state index contributed by atoms with van der Waals surface area (Å²) >= 11 is 0. The van der Waals surface area contributed by atoms with Gasteiger partial charge in [-0.1, -0.05) is 30.3 Å². The van der Waals surface area contributed by atoms with Gasteiger partial charge in [-0.15, -0.1) is 0 Å². The van der Waals surface area contributed by atoms with Crippen LogP contribution in [0.3, 0.4) is 0 Å². The number of carboxylic acid groups (broad SMARTS) is 1. The first-order chi connectivity index (χ1) is 13.3. The van der Waals surface area contributed by atoms with E-state index in [1.807, 2.05) is 0 Å². The number of benzene rings is 2. The fraction of sp³-hybridized carbons (Fsp3) is 0.105. The van der Waals surface area contributed by atoms with Gasteiger partial charge < -0.3 is 15.1 Å². The van der Waals surface area contributed by atoms with Crippen molar-refractivity contribution in [2.75, 3.05) is 6.54 Å². The van der Waals surface area contributed by atoms with Crippen molar-refractivity contribution < 1.29 is 29.5 Å². The summed E-state index contributed by atoms with van der Waals surface area (Å²) in [5.41, 5.74) is 0.0695. The molecule has 9 nitrogen and oxygen atoms in total. The lowest BCUT2D eigenvalue weighted by Crippen LogP contribution is -2.34. The highest BCUT2D eigenvalue weighted by Gasteiger charge is 2.46. The molecule has 0 saturated carbocycles. The Hall–Kier alpha value is -4.01. The van der Waals surface area contributed by atoms with Crippen molar-refractivity contribution in [3.05, 3.63) is 81.4 Å². The predicted octanol–water partition coefficient (Wildman–Crippen LogP) is 2.10. The molecule has 1 aliphatic rings. The molecular formula is C19H14N2O7. The van der Waals surface area contributed by atoms with E-state index in [2.05, 4.69) is 0 Å². The summed E-state index contributed by atoms with van der Waals surface area (Å²) in [6.45, 7) is -0.721. The topological polar surface area (TPSA) is 138 Å². The van der Waals surface area contributed by atoms with Gasteiger partial charge in [0.05, 0.1) is 16.5 Å². The van der Waals surface area contributed by atoms with Crippen molar-refractivity contribution in [2.45, 2.75) is 6.04 Å². The number of likely N-dealkylation sites (tertiary alicyclic amines) is 1. The number of carbonyl (C=O) groups is 3. The summed E-state index contributed by atoms with van der Waals surface area (Å²) < 4.78 is 0. The largest absolute Gasteiger partial charge is 0.507 e. The Labute approximate surface area is 158 Å². The van der Waals surface area contributed by atoms with Crippen LogP contribution in [0.4, 0.5) is 5.69 Å². The van der Waals surface area contributed by atoms with Crippen LogP contribution in [-0.2, 0) is 14.4 Å². The Kier molecular flexibility index (Phi) is 4.90. The molecule has 3 rings (SSSR count). The molecule has 1 amide bonds. The standard InChI is InChI=1S/C19H14N2O7/c22-14(23)10-20-16(11-4-2-1-3-5-11)15(18(25)19(20)26)17(24)12-6-8-13(9-7-12)21(27)28/h1-9,16,24H,10H2,(H,22,23)/b17-15+/t16-/m1/s1. The van der Waals surface area contributed by atoms with Gasteiger partial charge in [-0.2, -0.15) is 0 Å². The van der Waals surface area contributed by atoms with Gasteiger partial charge in [-0.25, -0.2) is 0 Å². The van der Waals surface area contributed by atoms with Crippen molar-refractivity contribution in [1.82, 2.24) is 4.90 Å². The minimum Gasteiger partial charge on any atom is -0.507 e. The van der Waals surface area contributed by atoms with E-state index in [-0.39, 0.29) is 16.8 Å². The van der Waals surface area contributed by atoms with E-state index in [0.717, 1.165) is 17.0 Å². The molecule has 1 atom stereocenters. The van der Waals surface area contributed by atoms with Crippen LogP contribution in [0.5, 0.6) is 0 Å². The second kappa shape index (κ2) is 7.31. The molecule has 1 heterocycles. The molecule has 28 heavy (non-hydrogen) atoms. The first kappa shape index (κ1) is 18.8. The Morgan fingerprint density at radius 1 is 1.04 bits per heavy atom. The molecule has 0 aliphatic carbocycles. The lowest BCUT2D eigenvalue weighted by atomic mass is 9.95. The van der Waals surface area contributed by atoms with Gasteiger partial charge in [0, 0.05) is 17.7 Å². The van der Waals surface area contributed by atoms with Crippen LogP contribution in [0, 0.1) is 10.1 Å². The number of aliphatic hydroxyl groups is 1. The Morgan fingerprint density at radius 2 is 1.64 bits per heavy atom. The zero-order valence-electron chi connectivity index (χ0n) is 14.3. The fourth-order valence-corrected chi connectivity index (χ4v) is 3.07. The molecule has 0 aromatic heterocycles. The van der Waals surface area contributed by atoms with Gasteiger partial charge in [-0.05, 0) is 17.7 Å². The highest BCUT2D eigenvalue weighted by Crippen LogP contribution is 2.39. The number of aliphatic carboxylic acids is 1. The smallest absolute Gasteiger partial charge is 0.323 e. The fourth-order valence-electron chi connectivity index (χ4n) is 3.07. The summed E-state index contributed by atoms with van der Waals surface area (Å²) in [4.78, 5) is 47.2. The van der Waals surface area contributed by atoms with Gasteiger partial charge in [0.15, 0.2) is 0 Å². The van der Waals surface area contributed by atoms with Gasteiger partial charge >= 0.3 is 5.97 Å². The summed E-state index contributed by atoms with van der Waals surface area (Å²) in [5.74, 6) is -3.90. The van der Waals surface area contributed by atoms with Crippen molar-refractivity contribution >= 4 is 29.1 Å². The molecular weight excluding hydrogens is 368 g/mol. The van der Waals surface area contributed by atoms with Crippen molar-refractivity contribution in [1.29, 1.82) is 0 Å². The van der Waals surface area contributed by atoms with Crippen molar-refractivity contribution in [3.63, 3.8) is 0 Å². The maximum Gasteiger partial charge on any atom is 0.323 e. The number of nitro benzene ring substituents is 1. The number of carbonyl (C=O) groups excluding carboxylic acids is 2. The van der Waals surface area contributed by atoms with E-state index in [1.54, 1.807) is 30.3 Å². The molecule has 0 bridgehead atoms. The number of nitro groups is 1. The van der Waals surface area contributed by atoms with Gasteiger partial charge in [0.25, 0.3) is 17.4 Å². The predicted molar refractivity (Wildman–Crippen MR) is 96.2 cm³/mol. The monoisotopic (exact) mass is 382 g/mol. The zero-order chi connectivity index (χ0) is 20.4. The molecule has 2 aromatic rings. The van der Waals surface area contributed by atoms with Crippen molar-refractivity contribution in [2.24, 2.45) is 0 Å². The molecule has 0 spiro atoms. The average molecular weight is 382 g/mol. The van der Waals surface area contributed by atoms with Crippen LogP contribution in [0.2, 0.25) is 0 Å². The molecule has 9 heteroatoms. The molecule has 1 fully saturated rings. The average Bonchev–Trinajstić information content (AvgIpc) is 2.92. The van der Waals surface area contributed by atoms with Crippen LogP contribution in [0.25, 0.3) is 5.76 Å². The summed E-state index contributed by atoms with van der Waals surface area (Å²) in [6.07, 6.45) is 0. The number of nitrogens with zero attached hydrogens (tertiary/aromatic N) is 2. The molecule has 0 radical (unpaired) electrons. The second-order valence-electron chi connectivity index (χ2n) is 6.04. The Bertz CT molecular complexity index is 997. The first-order valence-electron chi connectivity index (χ1n) is 8.11. The highest BCUT2D eigenvalue weighted by atomic mass is 16.6. The summed E-state index contributed by atoms with van der Waals surface area (Å²) in [5, 5.41) is 30.6. The van der Waals surface area contributed by atoms with Crippen LogP contribution >= 0.6 is 0 Å². The maximum absolute atomic E-state index is 12.6. The van der Waals surface area contributed by atoms with E-state index < -0.39 is 40.9 Å². The van der Waals surface area contributed by atoms with Crippen LogP contribution in [0.1, 0.15) is 17.2 Å². The normalized spacial score (nSPS) is 18.3. The number of ketones is 1. The lowest BCUT2D eigenvalue weighted by Gasteiger charge is -2.23. The molecule has 142 valence electrons. The third-order valence-electron chi connectivity index (χ3n) is 4.31. The molecule has 2 N–H and O–H groups in total. The third-order valence-corrected chi connectivity index (χ3v) is 4.31. The minimum atomic E-state index is -1.31. The van der Waals surface area contributed by atoms with E-state index in [1.165, 1.54) is 12.1 Å². The third kappa shape index (κ3) is 3.32. The number of non-ortho nitro benzene ring substituents is 1. The molecule has 0 unspecified atom stereocenters. The van der Waals surface area contributed by atoms with Gasteiger partial charge in [0.2, 0.25) is 0 Å². The van der Waals surface area contributed by atoms with E-state index >= 15 is 0 Å². The SMILES string of the molecule is O=C(O)CN1C(=O)C(=O)/C(=C(/O)c2ccc([N+](=O)[O-])cc2)[C@H]1c1ccccc1. The lowest BCUT2D eigenvalue weighted by molar-refractivity contribution is -0.384. The van der Waals surface area contributed by atoms with E-state index in [9.17, 15) is 29.6 Å². The maximum atomic E-state index is 12.6. The van der Waals surface area contributed by atoms with Crippen LogP contribution < -0.4 is 0 Å². The molecule has 2 aromatic carbocycles. The summed E-state index contributed by atoms with van der Waals surface area (Å²) in [7, 11) is 0. The number of amides is 1. The van der Waals surface area contributed by atoms with E-state index in [0.29, 0.717) is 5.56 Å². The number of Topliss-reactive ketones (excluding diaryl/α,β-unsaturated/α-hetero) is 1. The number of hydrogen-bond acceptors (Lipinski definition) is 6.